The highest BCUT2D eigenvalue weighted by molar-refractivity contribution is 5.85. The first kappa shape index (κ1) is 14.1. The zero-order valence-electron chi connectivity index (χ0n) is 12.3. The summed E-state index contributed by atoms with van der Waals surface area (Å²) in [4.78, 5) is 25.7. The lowest BCUT2D eigenvalue weighted by atomic mass is 9.66. The van der Waals surface area contributed by atoms with Crippen LogP contribution in [0.5, 0.6) is 0 Å². The molecule has 1 saturated carbocycles. The van der Waals surface area contributed by atoms with Crippen LogP contribution in [-0.2, 0) is 16.0 Å². The van der Waals surface area contributed by atoms with Crippen molar-refractivity contribution in [1.82, 2.24) is 4.90 Å². The Morgan fingerprint density at radius 3 is 2.67 bits per heavy atom. The van der Waals surface area contributed by atoms with Crippen LogP contribution < -0.4 is 0 Å². The van der Waals surface area contributed by atoms with Crippen LogP contribution >= 0.6 is 0 Å². The molecule has 21 heavy (non-hydrogen) atoms. The van der Waals surface area contributed by atoms with Gasteiger partial charge >= 0.3 is 5.97 Å². The number of rotatable bonds is 4. The fraction of sp³-hybridized carbons (Fsp3) is 0.529. The molecule has 4 nitrogen and oxygen atoms in total. The van der Waals surface area contributed by atoms with Gasteiger partial charge < -0.3 is 10.0 Å². The maximum atomic E-state index is 12.5. The summed E-state index contributed by atoms with van der Waals surface area (Å²) in [7, 11) is 1.81. The topological polar surface area (TPSA) is 57.6 Å². The van der Waals surface area contributed by atoms with Gasteiger partial charge in [0, 0.05) is 13.5 Å². The number of carbonyl (C=O) groups excluding carboxylic acids is 1. The van der Waals surface area contributed by atoms with Gasteiger partial charge in [-0.05, 0) is 36.8 Å². The average Bonchev–Trinajstić information content (AvgIpc) is 2.85. The largest absolute Gasteiger partial charge is 0.481 e. The molecule has 0 bridgehead atoms. The monoisotopic (exact) mass is 287 g/mol. The smallest absolute Gasteiger partial charge is 0.310 e. The molecule has 2 aliphatic rings. The van der Waals surface area contributed by atoms with Gasteiger partial charge in [0.25, 0.3) is 0 Å². The van der Waals surface area contributed by atoms with Crippen molar-refractivity contribution in [3.63, 3.8) is 0 Å². The van der Waals surface area contributed by atoms with E-state index < -0.39 is 11.4 Å². The Morgan fingerprint density at radius 1 is 1.33 bits per heavy atom. The second kappa shape index (κ2) is 5.17. The molecule has 1 fully saturated rings. The Morgan fingerprint density at radius 2 is 2.05 bits per heavy atom. The number of fused-ring (bicyclic) bond motifs is 1. The fourth-order valence-corrected chi connectivity index (χ4v) is 3.59. The molecule has 0 radical (unpaired) electrons. The van der Waals surface area contributed by atoms with Crippen molar-refractivity contribution in [3.8, 4) is 0 Å². The van der Waals surface area contributed by atoms with Gasteiger partial charge in [-0.2, -0.15) is 0 Å². The number of nitrogens with zero attached hydrogens (tertiary/aromatic N) is 1. The predicted molar refractivity (Wildman–Crippen MR) is 78.8 cm³/mol. The van der Waals surface area contributed by atoms with Gasteiger partial charge in [-0.1, -0.05) is 30.7 Å². The zero-order chi connectivity index (χ0) is 15.0. The lowest BCUT2D eigenvalue weighted by molar-refractivity contribution is -0.159. The molecule has 112 valence electrons. The van der Waals surface area contributed by atoms with Gasteiger partial charge in [0.05, 0.1) is 11.5 Å². The van der Waals surface area contributed by atoms with Crippen molar-refractivity contribution in [2.45, 2.75) is 44.6 Å². The molecule has 4 heteroatoms. The Hall–Kier alpha value is -1.84. The molecule has 0 spiro atoms. The molecule has 1 N–H and O–H groups in total. The van der Waals surface area contributed by atoms with Gasteiger partial charge in [0.15, 0.2) is 0 Å². The molecular formula is C17H21NO3. The van der Waals surface area contributed by atoms with E-state index in [-0.39, 0.29) is 18.4 Å². The van der Waals surface area contributed by atoms with Gasteiger partial charge in [0.1, 0.15) is 0 Å². The van der Waals surface area contributed by atoms with Crippen molar-refractivity contribution < 1.29 is 14.7 Å². The standard InChI is InChI=1S/C17H21NO3/c1-18(14-8-7-12-5-2-3-6-13(12)14)15(19)11-17(16(20)21)9-4-10-17/h2-3,5-6,14H,4,7-11H2,1H3,(H,20,21). The van der Waals surface area contributed by atoms with Crippen molar-refractivity contribution in [2.75, 3.05) is 7.05 Å². The van der Waals surface area contributed by atoms with Crippen LogP contribution in [-0.4, -0.2) is 28.9 Å². The van der Waals surface area contributed by atoms with E-state index in [9.17, 15) is 14.7 Å². The summed E-state index contributed by atoms with van der Waals surface area (Å²) in [6.45, 7) is 0. The lowest BCUT2D eigenvalue weighted by Crippen LogP contribution is -2.43. The van der Waals surface area contributed by atoms with Crippen LogP contribution in [0.4, 0.5) is 0 Å². The van der Waals surface area contributed by atoms with E-state index in [0.717, 1.165) is 19.3 Å². The van der Waals surface area contributed by atoms with E-state index in [1.807, 2.05) is 19.2 Å². The van der Waals surface area contributed by atoms with Gasteiger partial charge in [-0.15, -0.1) is 0 Å². The number of hydrogen-bond acceptors (Lipinski definition) is 2. The molecular weight excluding hydrogens is 266 g/mol. The summed E-state index contributed by atoms with van der Waals surface area (Å²) >= 11 is 0. The normalized spacial score (nSPS) is 22.2. The number of aryl methyl sites for hydroxylation is 1. The molecule has 0 aliphatic heterocycles. The minimum absolute atomic E-state index is 0.0428. The van der Waals surface area contributed by atoms with Crippen LogP contribution in [0.25, 0.3) is 0 Å². The Balaban J connectivity index is 1.73. The highest BCUT2D eigenvalue weighted by Gasteiger charge is 2.47. The van der Waals surface area contributed by atoms with Gasteiger partial charge in [-0.25, -0.2) is 0 Å². The summed E-state index contributed by atoms with van der Waals surface area (Å²) in [5.41, 5.74) is 1.72. The van der Waals surface area contributed by atoms with E-state index in [1.165, 1.54) is 11.1 Å². The first-order chi connectivity index (χ1) is 10.0. The highest BCUT2D eigenvalue weighted by atomic mass is 16.4. The molecule has 3 rings (SSSR count). The maximum absolute atomic E-state index is 12.5. The molecule has 0 aromatic heterocycles. The molecule has 1 aromatic carbocycles. The SMILES string of the molecule is CN(C(=O)CC1(C(=O)O)CCC1)C1CCc2ccccc21. The van der Waals surface area contributed by atoms with Crippen LogP contribution in [0.3, 0.4) is 0 Å². The molecule has 2 aliphatic carbocycles. The van der Waals surface area contributed by atoms with E-state index in [2.05, 4.69) is 12.1 Å². The molecule has 1 amide bonds. The first-order valence-corrected chi connectivity index (χ1v) is 7.60. The lowest BCUT2D eigenvalue weighted by Gasteiger charge is -2.38. The van der Waals surface area contributed by atoms with Crippen molar-refractivity contribution >= 4 is 11.9 Å². The molecule has 1 unspecified atom stereocenters. The van der Waals surface area contributed by atoms with Crippen LogP contribution in [0, 0.1) is 5.41 Å². The second-order valence-corrected chi connectivity index (χ2v) is 6.37. The van der Waals surface area contributed by atoms with Gasteiger partial charge in [-0.3, -0.25) is 9.59 Å². The third-order valence-corrected chi connectivity index (χ3v) is 5.22. The number of carboxylic acids is 1. The van der Waals surface area contributed by atoms with Crippen molar-refractivity contribution in [2.24, 2.45) is 5.41 Å². The van der Waals surface area contributed by atoms with Crippen LogP contribution in [0.1, 0.15) is 49.3 Å². The van der Waals surface area contributed by atoms with E-state index in [1.54, 1.807) is 4.90 Å². The third kappa shape index (κ3) is 2.33. The number of carbonyl (C=O) groups is 2. The minimum atomic E-state index is -0.817. The first-order valence-electron chi connectivity index (χ1n) is 7.60. The quantitative estimate of drug-likeness (QED) is 0.926. The van der Waals surface area contributed by atoms with Gasteiger partial charge in [0.2, 0.25) is 5.91 Å². The maximum Gasteiger partial charge on any atom is 0.310 e. The van der Waals surface area contributed by atoms with Crippen molar-refractivity contribution in [1.29, 1.82) is 0 Å². The highest BCUT2D eigenvalue weighted by Crippen LogP contribution is 2.45. The minimum Gasteiger partial charge on any atom is -0.481 e. The average molecular weight is 287 g/mol. The zero-order valence-corrected chi connectivity index (χ0v) is 12.3. The second-order valence-electron chi connectivity index (χ2n) is 6.37. The number of hydrogen-bond donors (Lipinski definition) is 1. The van der Waals surface area contributed by atoms with Crippen LogP contribution in [0.15, 0.2) is 24.3 Å². The van der Waals surface area contributed by atoms with Crippen molar-refractivity contribution in [3.05, 3.63) is 35.4 Å². The summed E-state index contributed by atoms with van der Waals surface area (Å²) in [6, 6.07) is 8.31. The number of carboxylic acid groups (broad SMARTS) is 1. The summed E-state index contributed by atoms with van der Waals surface area (Å²) < 4.78 is 0. The van der Waals surface area contributed by atoms with E-state index in [4.69, 9.17) is 0 Å². The summed E-state index contributed by atoms with van der Waals surface area (Å²) in [5, 5.41) is 9.37. The Bertz CT molecular complexity index is 577. The number of amides is 1. The predicted octanol–water partition coefficient (Wildman–Crippen LogP) is 2.78. The third-order valence-electron chi connectivity index (χ3n) is 5.22. The van der Waals surface area contributed by atoms with E-state index >= 15 is 0 Å². The fourth-order valence-electron chi connectivity index (χ4n) is 3.59. The number of aliphatic carboxylic acids is 1. The molecule has 1 atom stereocenters. The summed E-state index contributed by atoms with van der Waals surface area (Å²) in [5.74, 6) is -0.860. The molecule has 1 aromatic rings. The Kier molecular flexibility index (Phi) is 3.47. The summed E-state index contributed by atoms with van der Waals surface area (Å²) in [6.07, 6.45) is 4.23. The number of benzene rings is 1. The molecule has 0 heterocycles. The van der Waals surface area contributed by atoms with E-state index in [0.29, 0.717) is 12.8 Å². The molecule has 0 saturated heterocycles. The van der Waals surface area contributed by atoms with Crippen LogP contribution in [0.2, 0.25) is 0 Å². The Labute approximate surface area is 124 Å².